The van der Waals surface area contributed by atoms with Crippen LogP contribution >= 0.6 is 0 Å². The molecule has 0 aliphatic rings. The Hall–Kier alpha value is -2.42. The van der Waals surface area contributed by atoms with Crippen LogP contribution in [0.4, 0.5) is 10.1 Å². The molecule has 126 valence electrons. The molecule has 0 aromatic heterocycles. The van der Waals surface area contributed by atoms with Crippen molar-refractivity contribution in [3.8, 4) is 6.07 Å². The van der Waals surface area contributed by atoms with E-state index >= 15 is 0 Å². The second kappa shape index (κ2) is 9.02. The van der Waals surface area contributed by atoms with E-state index in [1.807, 2.05) is 19.2 Å². The molecule has 2 rings (SSSR count). The van der Waals surface area contributed by atoms with Crippen LogP contribution < -0.4 is 10.2 Å². The molecule has 4 nitrogen and oxygen atoms in total. The topological polar surface area (TPSA) is 59.3 Å². The molecule has 0 aliphatic heterocycles. The number of nitrogens with zero attached hydrogens (tertiary/aromatic N) is 2. The summed E-state index contributed by atoms with van der Waals surface area (Å²) in [6.07, 6.45) is 0.507. The Morgan fingerprint density at radius 3 is 2.46 bits per heavy atom. The Morgan fingerprint density at radius 2 is 1.79 bits per heavy atom. The minimum atomic E-state index is -0.377. The smallest absolute Gasteiger partial charge is 0.128 e. The Morgan fingerprint density at radius 1 is 1.12 bits per heavy atom. The molecule has 2 aromatic carbocycles. The number of nitriles is 1. The number of anilines is 1. The predicted molar refractivity (Wildman–Crippen MR) is 92.8 cm³/mol. The minimum Gasteiger partial charge on any atom is -0.392 e. The molecule has 0 saturated heterocycles. The summed E-state index contributed by atoms with van der Waals surface area (Å²) in [4.78, 5) is 2.05. The van der Waals surface area contributed by atoms with Gasteiger partial charge in [-0.1, -0.05) is 18.2 Å². The summed E-state index contributed by atoms with van der Waals surface area (Å²) in [7, 11) is 1.97. The summed E-state index contributed by atoms with van der Waals surface area (Å²) in [5, 5.41) is 21.0. The molecular weight excluding hydrogens is 305 g/mol. The van der Waals surface area contributed by atoms with E-state index in [4.69, 9.17) is 10.4 Å². The summed E-state index contributed by atoms with van der Waals surface area (Å²) >= 11 is 0. The van der Waals surface area contributed by atoms with Crippen molar-refractivity contribution >= 4 is 5.69 Å². The summed E-state index contributed by atoms with van der Waals surface area (Å²) in [6.45, 7) is 1.73. The molecule has 0 atom stereocenters. The third-order valence-electron chi connectivity index (χ3n) is 3.87. The van der Waals surface area contributed by atoms with Crippen molar-refractivity contribution in [2.75, 3.05) is 18.5 Å². The first-order valence-corrected chi connectivity index (χ1v) is 7.90. The van der Waals surface area contributed by atoms with Crippen molar-refractivity contribution in [3.05, 3.63) is 65.0 Å². The monoisotopic (exact) mass is 327 g/mol. The van der Waals surface area contributed by atoms with Gasteiger partial charge in [-0.25, -0.2) is 4.39 Å². The lowest BCUT2D eigenvalue weighted by Gasteiger charge is -2.18. The zero-order chi connectivity index (χ0) is 17.4. The van der Waals surface area contributed by atoms with Crippen molar-refractivity contribution in [2.24, 2.45) is 0 Å². The van der Waals surface area contributed by atoms with Crippen LogP contribution in [0.2, 0.25) is 0 Å². The number of aliphatic hydroxyl groups excluding tert-OH is 1. The van der Waals surface area contributed by atoms with Gasteiger partial charge in [-0.15, -0.1) is 0 Å². The molecule has 0 radical (unpaired) electrons. The quantitative estimate of drug-likeness (QED) is 0.782. The summed E-state index contributed by atoms with van der Waals surface area (Å²) < 4.78 is 13.3. The van der Waals surface area contributed by atoms with E-state index in [0.29, 0.717) is 31.6 Å². The van der Waals surface area contributed by atoms with Gasteiger partial charge < -0.3 is 15.3 Å². The lowest BCUT2D eigenvalue weighted by molar-refractivity contribution is 0.275. The summed E-state index contributed by atoms with van der Waals surface area (Å²) in [6, 6.07) is 15.1. The van der Waals surface area contributed by atoms with Crippen LogP contribution in [0.25, 0.3) is 0 Å². The number of benzene rings is 2. The van der Waals surface area contributed by atoms with Crippen LogP contribution in [0.3, 0.4) is 0 Å². The number of hydrogen-bond acceptors (Lipinski definition) is 4. The average Bonchev–Trinajstić information content (AvgIpc) is 2.61. The SMILES string of the molecule is CN(CCC#N)c1ccc(CNCc2ccc(F)c(CO)c2)cc1. The predicted octanol–water partition coefficient (Wildman–Crippen LogP) is 2.96. The van der Waals surface area contributed by atoms with Gasteiger partial charge in [0.05, 0.1) is 19.1 Å². The van der Waals surface area contributed by atoms with E-state index in [1.54, 1.807) is 12.1 Å². The highest BCUT2D eigenvalue weighted by molar-refractivity contribution is 5.46. The number of halogens is 1. The van der Waals surface area contributed by atoms with Crippen molar-refractivity contribution in [3.63, 3.8) is 0 Å². The van der Waals surface area contributed by atoms with Gasteiger partial charge in [0, 0.05) is 37.9 Å². The average molecular weight is 327 g/mol. The van der Waals surface area contributed by atoms with Crippen molar-refractivity contribution < 1.29 is 9.50 Å². The molecular formula is C19H22FN3O. The van der Waals surface area contributed by atoms with Crippen LogP contribution in [-0.2, 0) is 19.7 Å². The van der Waals surface area contributed by atoms with E-state index in [2.05, 4.69) is 28.4 Å². The summed E-state index contributed by atoms with van der Waals surface area (Å²) in [5.74, 6) is -0.377. The van der Waals surface area contributed by atoms with Gasteiger partial charge in [-0.2, -0.15) is 5.26 Å². The highest BCUT2D eigenvalue weighted by atomic mass is 19.1. The van der Waals surface area contributed by atoms with Crippen molar-refractivity contribution in [2.45, 2.75) is 26.1 Å². The van der Waals surface area contributed by atoms with Crippen LogP contribution in [0.1, 0.15) is 23.1 Å². The fraction of sp³-hybridized carbons (Fsp3) is 0.316. The number of rotatable bonds is 8. The Bertz CT molecular complexity index is 695. The third-order valence-corrected chi connectivity index (χ3v) is 3.87. The van der Waals surface area contributed by atoms with Crippen molar-refractivity contribution in [1.82, 2.24) is 5.32 Å². The first kappa shape index (κ1) is 17.9. The lowest BCUT2D eigenvalue weighted by atomic mass is 10.1. The molecule has 2 N–H and O–H groups in total. The second-order valence-corrected chi connectivity index (χ2v) is 5.68. The van der Waals surface area contributed by atoms with Gasteiger partial charge in [0.2, 0.25) is 0 Å². The highest BCUT2D eigenvalue weighted by Gasteiger charge is 2.03. The Kier molecular flexibility index (Phi) is 6.74. The first-order chi connectivity index (χ1) is 11.6. The van der Waals surface area contributed by atoms with Crippen LogP contribution in [0.5, 0.6) is 0 Å². The van der Waals surface area contributed by atoms with Crippen molar-refractivity contribution in [1.29, 1.82) is 5.26 Å². The first-order valence-electron chi connectivity index (χ1n) is 7.90. The van der Waals surface area contributed by atoms with Gasteiger partial charge >= 0.3 is 0 Å². The highest BCUT2D eigenvalue weighted by Crippen LogP contribution is 2.14. The molecule has 0 amide bonds. The number of hydrogen-bond donors (Lipinski definition) is 2. The van der Waals surface area contributed by atoms with Crippen LogP contribution in [0, 0.1) is 17.1 Å². The van der Waals surface area contributed by atoms with Gasteiger partial charge in [-0.05, 0) is 35.4 Å². The molecule has 0 aliphatic carbocycles. The standard InChI is InChI=1S/C19H22FN3O/c1-23(10-2-9-21)18-6-3-15(4-7-18)12-22-13-16-5-8-19(20)17(11-16)14-24/h3-8,11,22,24H,2,10,12-14H2,1H3. The maximum atomic E-state index is 13.3. The largest absolute Gasteiger partial charge is 0.392 e. The van der Waals surface area contributed by atoms with E-state index in [9.17, 15) is 4.39 Å². The zero-order valence-electron chi connectivity index (χ0n) is 13.8. The van der Waals surface area contributed by atoms with Gasteiger partial charge in [0.15, 0.2) is 0 Å². The third kappa shape index (κ3) is 5.05. The van der Waals surface area contributed by atoms with E-state index in [0.717, 1.165) is 16.8 Å². The number of nitrogens with one attached hydrogen (secondary N) is 1. The normalized spacial score (nSPS) is 10.4. The minimum absolute atomic E-state index is 0.291. The molecule has 0 saturated carbocycles. The van der Waals surface area contributed by atoms with E-state index < -0.39 is 0 Å². The Labute approximate surface area is 142 Å². The molecule has 0 heterocycles. The number of aliphatic hydroxyl groups is 1. The molecule has 0 fully saturated rings. The maximum Gasteiger partial charge on any atom is 0.128 e. The molecule has 0 bridgehead atoms. The van der Waals surface area contributed by atoms with Crippen LogP contribution in [-0.4, -0.2) is 18.7 Å². The van der Waals surface area contributed by atoms with Gasteiger partial charge in [0.25, 0.3) is 0 Å². The second-order valence-electron chi connectivity index (χ2n) is 5.68. The zero-order valence-corrected chi connectivity index (χ0v) is 13.8. The molecule has 24 heavy (non-hydrogen) atoms. The molecule has 2 aromatic rings. The molecule has 0 spiro atoms. The fourth-order valence-electron chi connectivity index (χ4n) is 2.43. The van der Waals surface area contributed by atoms with Gasteiger partial charge in [-0.3, -0.25) is 0 Å². The molecule has 0 unspecified atom stereocenters. The van der Waals surface area contributed by atoms with E-state index in [1.165, 1.54) is 6.07 Å². The summed E-state index contributed by atoms with van der Waals surface area (Å²) in [5.41, 5.74) is 3.49. The van der Waals surface area contributed by atoms with Crippen LogP contribution in [0.15, 0.2) is 42.5 Å². The van der Waals surface area contributed by atoms with E-state index in [-0.39, 0.29) is 12.4 Å². The fourth-order valence-corrected chi connectivity index (χ4v) is 2.43. The lowest BCUT2D eigenvalue weighted by Crippen LogP contribution is -2.18. The van der Waals surface area contributed by atoms with Gasteiger partial charge in [0.1, 0.15) is 5.82 Å². The Balaban J connectivity index is 1.85. The molecule has 5 heteroatoms. The maximum absolute atomic E-state index is 13.3.